The molecule has 0 spiro atoms. The summed E-state index contributed by atoms with van der Waals surface area (Å²) in [6.45, 7) is 9.30. The molecule has 14 rings (SSSR count). The third-order valence-electron chi connectivity index (χ3n) is 17.8. The van der Waals surface area contributed by atoms with E-state index in [0.717, 1.165) is 77.0 Å². The van der Waals surface area contributed by atoms with Crippen molar-refractivity contribution >= 4 is 129 Å². The first kappa shape index (κ1) is 53.7. The maximum atomic E-state index is 2.68. The largest absolute Gasteiger partial charge is 0.309 e. The van der Waals surface area contributed by atoms with Crippen LogP contribution in [-0.2, 0) is 25.7 Å². The van der Waals surface area contributed by atoms with E-state index in [1.165, 1.54) is 151 Å². The van der Waals surface area contributed by atoms with E-state index < -0.39 is 0 Å². The van der Waals surface area contributed by atoms with Crippen LogP contribution in [0.25, 0.3) is 94.9 Å². The Bertz CT molecular complexity index is 4360. The number of benzene rings is 12. The van der Waals surface area contributed by atoms with Gasteiger partial charge in [0.2, 0.25) is 0 Å². The van der Waals surface area contributed by atoms with Crippen molar-refractivity contribution in [3.63, 3.8) is 0 Å². The van der Waals surface area contributed by atoms with Gasteiger partial charge >= 0.3 is 0 Å². The molecule has 0 saturated carbocycles. The van der Waals surface area contributed by atoms with E-state index in [2.05, 4.69) is 256 Å². The zero-order chi connectivity index (χ0) is 56.7. The number of anilines is 6. The molecule has 0 unspecified atom stereocenters. The lowest BCUT2D eigenvalue weighted by atomic mass is 9.90. The number of aryl methyl sites for hydroxylation is 4. The summed E-state index contributed by atoms with van der Waals surface area (Å²) in [7, 11) is 0. The van der Waals surface area contributed by atoms with Crippen LogP contribution in [0.2, 0.25) is 0 Å². The molecule has 0 amide bonds. The molecule has 0 radical (unpaired) electrons. The Labute approximate surface area is 503 Å². The number of rotatable bonds is 20. The van der Waals surface area contributed by atoms with Crippen molar-refractivity contribution in [1.29, 1.82) is 0 Å². The first-order valence-corrected chi connectivity index (χ1v) is 32.7. The van der Waals surface area contributed by atoms with E-state index in [-0.39, 0.29) is 0 Å². The molecule has 0 saturated heterocycles. The Hall–Kier alpha value is -8.28. The molecule has 0 bridgehead atoms. The molecule has 2 nitrogen and oxygen atoms in total. The topological polar surface area (TPSA) is 6.48 Å². The van der Waals surface area contributed by atoms with Crippen molar-refractivity contribution in [3.05, 3.63) is 241 Å². The van der Waals surface area contributed by atoms with Gasteiger partial charge in [0.1, 0.15) is 0 Å². The highest BCUT2D eigenvalue weighted by molar-refractivity contribution is 7.26. The second-order valence-electron chi connectivity index (χ2n) is 23.2. The van der Waals surface area contributed by atoms with Gasteiger partial charge in [-0.05, 0) is 166 Å². The molecule has 0 N–H and O–H groups in total. The third-order valence-corrected chi connectivity index (χ3v) is 20.2. The van der Waals surface area contributed by atoms with E-state index in [1.807, 2.05) is 22.7 Å². The average Bonchev–Trinajstić information content (AvgIpc) is 1.27. The van der Waals surface area contributed by atoms with E-state index in [0.29, 0.717) is 0 Å². The fraction of sp³-hybridized carbons (Fsp3) is 0.200. The zero-order valence-electron chi connectivity index (χ0n) is 49.0. The molecule has 14 aromatic rings. The predicted molar refractivity (Wildman–Crippen MR) is 371 cm³/mol. The van der Waals surface area contributed by atoms with Crippen molar-refractivity contribution < 1.29 is 0 Å². The van der Waals surface area contributed by atoms with E-state index in [1.54, 1.807) is 0 Å². The maximum absolute atomic E-state index is 2.68. The van der Waals surface area contributed by atoms with Gasteiger partial charge < -0.3 is 9.80 Å². The number of unbranched alkanes of at least 4 members (excludes halogenated alkanes) is 4. The highest BCUT2D eigenvalue weighted by atomic mass is 32.1. The molecule has 4 heteroatoms. The minimum absolute atomic E-state index is 1.02. The highest BCUT2D eigenvalue weighted by Crippen LogP contribution is 2.52. The van der Waals surface area contributed by atoms with Crippen LogP contribution in [0.15, 0.2) is 218 Å². The summed E-state index contributed by atoms with van der Waals surface area (Å²) >= 11 is 3.82. The molecule has 84 heavy (non-hydrogen) atoms. The van der Waals surface area contributed by atoms with Crippen LogP contribution in [0.3, 0.4) is 0 Å². The quantitative estimate of drug-likeness (QED) is 0.0702. The lowest BCUT2D eigenvalue weighted by molar-refractivity contribution is 0.780. The summed E-state index contributed by atoms with van der Waals surface area (Å²) in [6, 6.07) is 84.2. The van der Waals surface area contributed by atoms with Crippen molar-refractivity contribution in [2.75, 3.05) is 9.80 Å². The van der Waals surface area contributed by atoms with Crippen molar-refractivity contribution in [3.8, 4) is 22.3 Å². The fourth-order valence-corrected chi connectivity index (χ4v) is 16.1. The summed E-state index contributed by atoms with van der Waals surface area (Å²) in [5.74, 6) is 0. The van der Waals surface area contributed by atoms with Gasteiger partial charge in [-0.25, -0.2) is 0 Å². The second-order valence-corrected chi connectivity index (χ2v) is 25.3. The lowest BCUT2D eigenvalue weighted by Crippen LogP contribution is -2.16. The first-order chi connectivity index (χ1) is 41.5. The number of hydrogen-bond acceptors (Lipinski definition) is 4. The fourth-order valence-electron chi connectivity index (χ4n) is 13.7. The van der Waals surface area contributed by atoms with Gasteiger partial charge in [-0.3, -0.25) is 0 Å². The Morgan fingerprint density at radius 1 is 0.310 bits per heavy atom. The first-order valence-electron chi connectivity index (χ1n) is 31.1. The highest BCUT2D eigenvalue weighted by Gasteiger charge is 2.27. The maximum Gasteiger partial charge on any atom is 0.0540 e. The van der Waals surface area contributed by atoms with Crippen molar-refractivity contribution in [1.82, 2.24) is 0 Å². The molecule has 0 aliphatic heterocycles. The monoisotopic (exact) mass is 1120 g/mol. The number of para-hydroxylation sites is 2. The van der Waals surface area contributed by atoms with Crippen LogP contribution >= 0.6 is 22.7 Å². The molecule has 2 heterocycles. The SMILES string of the molecule is CCCCc1cccc(CCCC)c1N(c1cccc(-c2cccc3c2sc2ccccc23)c1)c1ccc2ccc3c(N(c4cccc(-c5cccc6c5sc5ccccc56)c4)c4c(CCCC)cccc4CCCC)ccc4ccc1c2c43. The van der Waals surface area contributed by atoms with Gasteiger partial charge in [0.15, 0.2) is 0 Å². The van der Waals surface area contributed by atoms with Crippen LogP contribution < -0.4 is 9.80 Å². The van der Waals surface area contributed by atoms with Crippen LogP contribution in [0, 0.1) is 0 Å². The number of nitrogens with zero attached hydrogens (tertiary/aromatic N) is 2. The molecule has 0 aliphatic rings. The molecular formula is C80H72N2S2. The molecule has 0 atom stereocenters. The Morgan fingerprint density at radius 2 is 0.667 bits per heavy atom. The summed E-state index contributed by atoms with van der Waals surface area (Å²) in [5, 5.41) is 13.0. The summed E-state index contributed by atoms with van der Waals surface area (Å²) < 4.78 is 5.34. The number of hydrogen-bond donors (Lipinski definition) is 0. The van der Waals surface area contributed by atoms with Gasteiger partial charge in [-0.15, -0.1) is 22.7 Å². The normalized spacial score (nSPS) is 11.9. The van der Waals surface area contributed by atoms with Crippen LogP contribution in [0.1, 0.15) is 101 Å². The molecule has 0 aliphatic carbocycles. The van der Waals surface area contributed by atoms with Gasteiger partial charge in [0.25, 0.3) is 0 Å². The predicted octanol–water partition coefficient (Wildman–Crippen LogP) is 25.0. The summed E-state index contributed by atoms with van der Waals surface area (Å²) in [6.07, 6.45) is 13.2. The zero-order valence-corrected chi connectivity index (χ0v) is 50.6. The Kier molecular flexibility index (Phi) is 15.0. The van der Waals surface area contributed by atoms with Gasteiger partial charge in [0, 0.05) is 62.5 Å². The molecule has 414 valence electrons. The van der Waals surface area contributed by atoms with E-state index in [9.17, 15) is 0 Å². The minimum Gasteiger partial charge on any atom is -0.309 e. The summed E-state index contributed by atoms with van der Waals surface area (Å²) in [4.78, 5) is 5.35. The molecule has 12 aromatic carbocycles. The number of fused-ring (bicyclic) bond motifs is 6. The smallest absolute Gasteiger partial charge is 0.0540 e. The van der Waals surface area contributed by atoms with Crippen LogP contribution in [0.5, 0.6) is 0 Å². The van der Waals surface area contributed by atoms with Crippen molar-refractivity contribution in [2.24, 2.45) is 0 Å². The van der Waals surface area contributed by atoms with Gasteiger partial charge in [-0.1, -0.05) is 223 Å². The molecular weight excluding hydrogens is 1050 g/mol. The second kappa shape index (κ2) is 23.4. The molecule has 2 aromatic heterocycles. The Morgan fingerprint density at radius 3 is 1.07 bits per heavy atom. The van der Waals surface area contributed by atoms with Crippen LogP contribution in [-0.4, -0.2) is 0 Å². The average molecular weight is 1130 g/mol. The number of thiophene rings is 2. The third kappa shape index (κ3) is 9.58. The Balaban J connectivity index is 1.01. The van der Waals surface area contributed by atoms with E-state index >= 15 is 0 Å². The van der Waals surface area contributed by atoms with Gasteiger partial charge in [0.05, 0.1) is 22.7 Å². The molecule has 0 fully saturated rings. The van der Waals surface area contributed by atoms with Gasteiger partial charge in [-0.2, -0.15) is 0 Å². The van der Waals surface area contributed by atoms with Crippen LogP contribution in [0.4, 0.5) is 34.1 Å². The standard InChI is InChI=1S/C80H72N2S2/c1-5-9-23-55-27-17-28-56(24-10-6-2)77(55)81(61-33-19-31-59(51-61)63-37-21-39-67-65-35-13-15-41-73(65)83-79(63)67)71-49-45-53-44-48-70-72(50-46-54-43-47-69(71)75(53)76(54)70)82(78-57(25-11-7-3)29-18-30-58(78)26-12-8-4)62-34-20-32-60(52-62)64-38-22-40-68-66-36-14-16-42-74(66)84-80(64)68/h13-22,27-52H,5-12,23-26H2,1-4H3. The van der Waals surface area contributed by atoms with Crippen molar-refractivity contribution in [2.45, 2.75) is 105 Å². The lowest BCUT2D eigenvalue weighted by Gasteiger charge is -2.33. The minimum atomic E-state index is 1.02. The van der Waals surface area contributed by atoms with E-state index in [4.69, 9.17) is 0 Å². The summed E-state index contributed by atoms with van der Waals surface area (Å²) in [5.41, 5.74) is 18.2.